The summed E-state index contributed by atoms with van der Waals surface area (Å²) in [5.74, 6) is -4.74. The van der Waals surface area contributed by atoms with Gasteiger partial charge in [0.25, 0.3) is 0 Å². The Hall–Kier alpha value is -2.02. The zero-order chi connectivity index (χ0) is 17.9. The third-order valence-electron chi connectivity index (χ3n) is 4.12. The van der Waals surface area contributed by atoms with Crippen molar-refractivity contribution in [1.82, 2.24) is 10.4 Å². The lowest BCUT2D eigenvalue weighted by atomic mass is 9.93. The van der Waals surface area contributed by atoms with Crippen molar-refractivity contribution in [2.45, 2.75) is 33.6 Å². The number of nitrogens with zero attached hydrogens (tertiary/aromatic N) is 1. The van der Waals surface area contributed by atoms with Gasteiger partial charge in [0, 0.05) is 48.9 Å². The summed E-state index contributed by atoms with van der Waals surface area (Å²) in [5, 5.41) is 4.51. The number of fused-ring (bicyclic) bond motifs is 1. The van der Waals surface area contributed by atoms with Crippen molar-refractivity contribution in [2.24, 2.45) is 5.92 Å². The van der Waals surface area contributed by atoms with Crippen LogP contribution in [0.25, 0.3) is 0 Å². The number of piperidine rings is 1. The minimum absolute atomic E-state index is 0.0703. The van der Waals surface area contributed by atoms with Crippen LogP contribution in [0.4, 0.5) is 18.9 Å². The molecular formula is C17H22F3N3O. The standard InChI is InChI=1S/C15H16F3N3O.C2H6/c1-8-7-19-21-3-2-9(4-13(8)21)15(22)20-10-5-11(16)14(18)12(17)6-10;1-2/h5-6,9,19H,2-4,7H2,1H3,(H,20,22);1-2H3. The van der Waals surface area contributed by atoms with Crippen LogP contribution in [0.1, 0.15) is 33.6 Å². The van der Waals surface area contributed by atoms with Gasteiger partial charge in [-0.05, 0) is 18.9 Å². The van der Waals surface area contributed by atoms with Crippen molar-refractivity contribution in [3.8, 4) is 0 Å². The predicted octanol–water partition coefficient (Wildman–Crippen LogP) is 3.57. The molecule has 0 saturated carbocycles. The maximum Gasteiger partial charge on any atom is 0.227 e. The summed E-state index contributed by atoms with van der Waals surface area (Å²) in [5.41, 5.74) is 5.45. The van der Waals surface area contributed by atoms with E-state index in [0.717, 1.165) is 24.4 Å². The fourth-order valence-corrected chi connectivity index (χ4v) is 2.86. The van der Waals surface area contributed by atoms with Gasteiger partial charge in [0.2, 0.25) is 5.91 Å². The second kappa shape index (κ2) is 7.70. The summed E-state index contributed by atoms with van der Waals surface area (Å²) in [6, 6.07) is 1.57. The molecular weight excluding hydrogens is 319 g/mol. The Kier molecular flexibility index (Phi) is 5.88. The van der Waals surface area contributed by atoms with Crippen LogP contribution in [-0.4, -0.2) is 24.0 Å². The monoisotopic (exact) mass is 341 g/mol. The Morgan fingerprint density at radius 3 is 2.50 bits per heavy atom. The van der Waals surface area contributed by atoms with Crippen LogP contribution in [0.2, 0.25) is 0 Å². The average molecular weight is 341 g/mol. The molecule has 0 aliphatic carbocycles. The number of carbonyl (C=O) groups is 1. The SMILES string of the molecule is CC.CC1=C2CC(C(=O)Nc3cc(F)c(F)c(F)c3)CCN2NC1. The highest BCUT2D eigenvalue weighted by molar-refractivity contribution is 5.92. The van der Waals surface area contributed by atoms with Crippen LogP contribution < -0.4 is 10.7 Å². The molecule has 0 aromatic heterocycles. The molecule has 1 aromatic rings. The van der Waals surface area contributed by atoms with Crippen molar-refractivity contribution in [1.29, 1.82) is 0 Å². The number of nitrogens with one attached hydrogen (secondary N) is 2. The topological polar surface area (TPSA) is 44.4 Å². The third kappa shape index (κ3) is 3.72. The van der Waals surface area contributed by atoms with Gasteiger partial charge in [-0.25, -0.2) is 18.6 Å². The smallest absolute Gasteiger partial charge is 0.227 e. The molecule has 0 bridgehead atoms. The van der Waals surface area contributed by atoms with E-state index in [0.29, 0.717) is 19.4 Å². The van der Waals surface area contributed by atoms with E-state index in [1.165, 1.54) is 5.57 Å². The molecule has 2 heterocycles. The van der Waals surface area contributed by atoms with Crippen molar-refractivity contribution >= 4 is 11.6 Å². The Morgan fingerprint density at radius 2 is 1.88 bits per heavy atom. The largest absolute Gasteiger partial charge is 0.326 e. The molecule has 1 atom stereocenters. The van der Waals surface area contributed by atoms with Gasteiger partial charge >= 0.3 is 0 Å². The van der Waals surface area contributed by atoms with E-state index in [-0.39, 0.29) is 17.5 Å². The van der Waals surface area contributed by atoms with Gasteiger partial charge in [-0.1, -0.05) is 13.8 Å². The fraction of sp³-hybridized carbons (Fsp3) is 0.471. The zero-order valence-corrected chi connectivity index (χ0v) is 14.0. The fourth-order valence-electron chi connectivity index (χ4n) is 2.86. The molecule has 2 aliphatic rings. The quantitative estimate of drug-likeness (QED) is 0.808. The number of allylic oxidation sites excluding steroid dienone is 1. The van der Waals surface area contributed by atoms with Crippen molar-refractivity contribution in [3.05, 3.63) is 40.9 Å². The van der Waals surface area contributed by atoms with Gasteiger partial charge < -0.3 is 10.3 Å². The molecule has 1 saturated heterocycles. The van der Waals surface area contributed by atoms with E-state index in [4.69, 9.17) is 0 Å². The molecule has 4 nitrogen and oxygen atoms in total. The van der Waals surface area contributed by atoms with Crippen LogP contribution in [-0.2, 0) is 4.79 Å². The average Bonchev–Trinajstić information content (AvgIpc) is 2.95. The summed E-state index contributed by atoms with van der Waals surface area (Å²) in [6.45, 7) is 7.49. The third-order valence-corrected chi connectivity index (χ3v) is 4.12. The minimum Gasteiger partial charge on any atom is -0.326 e. The molecule has 0 radical (unpaired) electrons. The second-order valence-electron chi connectivity index (χ2n) is 5.65. The summed E-state index contributed by atoms with van der Waals surface area (Å²) in [4.78, 5) is 12.3. The Labute approximate surface area is 139 Å². The lowest BCUT2D eigenvalue weighted by Crippen LogP contribution is -2.40. The maximum atomic E-state index is 13.2. The maximum absolute atomic E-state index is 13.2. The minimum atomic E-state index is -1.54. The number of hydrogen-bond donors (Lipinski definition) is 2. The van der Waals surface area contributed by atoms with Crippen LogP contribution >= 0.6 is 0 Å². The van der Waals surface area contributed by atoms with E-state index < -0.39 is 17.5 Å². The Balaban J connectivity index is 0.00000100. The summed E-state index contributed by atoms with van der Waals surface area (Å²) in [6.07, 6.45) is 1.22. The normalized spacial score (nSPS) is 19.6. The van der Waals surface area contributed by atoms with Gasteiger partial charge in [-0.15, -0.1) is 0 Å². The Bertz CT molecular complexity index is 637. The first kappa shape index (κ1) is 18.3. The van der Waals surface area contributed by atoms with Crippen LogP contribution in [0.15, 0.2) is 23.4 Å². The van der Waals surface area contributed by atoms with E-state index in [1.807, 2.05) is 25.8 Å². The lowest BCUT2D eigenvalue weighted by molar-refractivity contribution is -0.120. The zero-order valence-electron chi connectivity index (χ0n) is 14.0. The highest BCUT2D eigenvalue weighted by atomic mass is 19.2. The van der Waals surface area contributed by atoms with Crippen molar-refractivity contribution in [3.63, 3.8) is 0 Å². The first-order valence-corrected chi connectivity index (χ1v) is 8.11. The van der Waals surface area contributed by atoms with Crippen molar-refractivity contribution < 1.29 is 18.0 Å². The second-order valence-corrected chi connectivity index (χ2v) is 5.65. The van der Waals surface area contributed by atoms with Gasteiger partial charge in [-0.3, -0.25) is 4.79 Å². The summed E-state index contributed by atoms with van der Waals surface area (Å²) >= 11 is 0. The van der Waals surface area contributed by atoms with Crippen LogP contribution in [0, 0.1) is 23.4 Å². The number of anilines is 1. The number of hydrogen-bond acceptors (Lipinski definition) is 3. The molecule has 1 amide bonds. The molecule has 2 aliphatic heterocycles. The first-order valence-electron chi connectivity index (χ1n) is 8.11. The molecule has 132 valence electrons. The highest BCUT2D eigenvalue weighted by Gasteiger charge is 2.31. The van der Waals surface area contributed by atoms with E-state index in [9.17, 15) is 18.0 Å². The molecule has 24 heavy (non-hydrogen) atoms. The van der Waals surface area contributed by atoms with E-state index >= 15 is 0 Å². The van der Waals surface area contributed by atoms with Gasteiger partial charge in [0.05, 0.1) is 0 Å². The molecule has 2 N–H and O–H groups in total. The van der Waals surface area contributed by atoms with E-state index in [2.05, 4.69) is 10.7 Å². The first-order chi connectivity index (χ1) is 11.5. The van der Waals surface area contributed by atoms with Gasteiger partial charge in [-0.2, -0.15) is 0 Å². The molecule has 1 unspecified atom stereocenters. The van der Waals surface area contributed by atoms with Gasteiger partial charge in [0.1, 0.15) is 0 Å². The van der Waals surface area contributed by atoms with Crippen molar-refractivity contribution in [2.75, 3.05) is 18.4 Å². The predicted molar refractivity (Wildman–Crippen MR) is 86.4 cm³/mol. The lowest BCUT2D eigenvalue weighted by Gasteiger charge is -2.32. The van der Waals surface area contributed by atoms with E-state index in [1.54, 1.807) is 0 Å². The van der Waals surface area contributed by atoms with Crippen LogP contribution in [0.5, 0.6) is 0 Å². The molecule has 3 rings (SSSR count). The number of hydrazine groups is 1. The molecule has 1 aromatic carbocycles. The van der Waals surface area contributed by atoms with Crippen LogP contribution in [0.3, 0.4) is 0 Å². The van der Waals surface area contributed by atoms with Gasteiger partial charge in [0.15, 0.2) is 17.5 Å². The number of benzene rings is 1. The molecule has 1 fully saturated rings. The highest BCUT2D eigenvalue weighted by Crippen LogP contribution is 2.30. The Morgan fingerprint density at radius 1 is 1.25 bits per heavy atom. The molecule has 7 heteroatoms. The molecule has 0 spiro atoms. The number of halogens is 3. The number of carbonyl (C=O) groups excluding carboxylic acids is 1. The number of amides is 1. The summed E-state index contributed by atoms with van der Waals surface area (Å²) in [7, 11) is 0. The number of rotatable bonds is 2. The summed E-state index contributed by atoms with van der Waals surface area (Å²) < 4.78 is 39.3.